The number of nitrogens with zero attached hydrogens (tertiary/aromatic N) is 3. The first-order chi connectivity index (χ1) is 17.1. The van der Waals surface area contributed by atoms with Crippen LogP contribution < -0.4 is 10.1 Å². The van der Waals surface area contributed by atoms with Crippen LogP contribution in [0.5, 0.6) is 5.88 Å². The Balaban J connectivity index is 1.16. The van der Waals surface area contributed by atoms with Crippen molar-refractivity contribution in [2.24, 2.45) is 0 Å². The number of sulfonamides is 1. The number of hydrogen-bond donors (Lipinski definition) is 1. The Morgan fingerprint density at radius 2 is 1.64 bits per heavy atom. The Bertz CT molecular complexity index is 1400. The zero-order chi connectivity index (χ0) is 25.2. The lowest BCUT2D eigenvalue weighted by Crippen LogP contribution is -2.50. The summed E-state index contributed by atoms with van der Waals surface area (Å²) in [5.74, 6) is 0.955. The Morgan fingerprint density at radius 3 is 2.25 bits per heavy atom. The van der Waals surface area contributed by atoms with Gasteiger partial charge in [0, 0.05) is 24.9 Å². The largest absolute Gasteiger partial charge is 0.474 e. The zero-order valence-corrected chi connectivity index (χ0v) is 22.3. The molecule has 3 atom stereocenters. The van der Waals surface area contributed by atoms with Crippen molar-refractivity contribution in [2.75, 3.05) is 5.32 Å². The van der Waals surface area contributed by atoms with Gasteiger partial charge in [-0.25, -0.2) is 26.8 Å². The number of fused-ring (bicyclic) bond motifs is 2. The average Bonchev–Trinajstić information content (AvgIpc) is 3.73. The van der Waals surface area contributed by atoms with Gasteiger partial charge in [-0.05, 0) is 63.6 Å². The number of nitrogens with one attached hydrogen (secondary N) is 1. The van der Waals surface area contributed by atoms with E-state index in [9.17, 15) is 16.8 Å². The third-order valence-corrected chi connectivity index (χ3v) is 12.7. The van der Waals surface area contributed by atoms with Gasteiger partial charge >= 0.3 is 0 Å². The lowest BCUT2D eigenvalue weighted by molar-refractivity contribution is 0.0910. The van der Waals surface area contributed by atoms with Crippen LogP contribution in [0.1, 0.15) is 56.9 Å². The van der Waals surface area contributed by atoms with Crippen LogP contribution in [0.3, 0.4) is 0 Å². The first kappa shape index (κ1) is 24.4. The molecule has 9 nitrogen and oxygen atoms in total. The minimum Gasteiger partial charge on any atom is -0.474 e. The van der Waals surface area contributed by atoms with E-state index < -0.39 is 19.9 Å². The molecule has 4 aliphatic rings. The van der Waals surface area contributed by atoms with E-state index in [1.54, 1.807) is 16.4 Å². The fraction of sp³-hybridized carbons (Fsp3) is 0.583. The zero-order valence-electron chi connectivity index (χ0n) is 19.9. The maximum absolute atomic E-state index is 12.9. The first-order valence-corrected chi connectivity index (χ1v) is 15.9. The van der Waals surface area contributed by atoms with Crippen LogP contribution in [0, 0.1) is 6.92 Å². The lowest BCUT2D eigenvalue weighted by Gasteiger charge is -2.37. The van der Waals surface area contributed by atoms with Gasteiger partial charge in [0.2, 0.25) is 15.9 Å². The SMILES string of the molecule is Cc1c(Nc2ccc(S(=O)(=O)C3CC3)cc2Cl)ncnc1OC1CC2CC[C@@H](C1)N2S(=O)(=O)C1CC1. The standard InChI is InChI=1S/C24H29ClN4O5S2/c1-14-23(28-22-9-8-20(12-21(22)25)35(30,31)18-4-5-18)26-13-27-24(14)34-17-10-15-2-3-16(11-17)29(15)36(32,33)19-6-7-19/h8-9,12-13,15-19H,2-7,10-11H2,1H3,(H,26,27,28)/t15-,16?,17?/m0/s1. The van der Waals surface area contributed by atoms with Gasteiger partial charge in [0.05, 0.1) is 31.7 Å². The number of benzene rings is 1. The lowest BCUT2D eigenvalue weighted by atomic mass is 10.0. The molecule has 1 aromatic heterocycles. The van der Waals surface area contributed by atoms with E-state index in [-0.39, 0.29) is 38.6 Å². The van der Waals surface area contributed by atoms with Crippen molar-refractivity contribution in [1.82, 2.24) is 14.3 Å². The van der Waals surface area contributed by atoms with Crippen LogP contribution in [0.4, 0.5) is 11.5 Å². The van der Waals surface area contributed by atoms with Gasteiger partial charge < -0.3 is 10.1 Å². The van der Waals surface area contributed by atoms with E-state index in [0.29, 0.717) is 48.6 Å². The molecule has 12 heteroatoms. The van der Waals surface area contributed by atoms with Crippen molar-refractivity contribution >= 4 is 43.0 Å². The second-order valence-corrected chi connectivity index (χ2v) is 15.1. The summed E-state index contributed by atoms with van der Waals surface area (Å²) >= 11 is 6.42. The molecule has 0 spiro atoms. The summed E-state index contributed by atoms with van der Waals surface area (Å²) in [6.45, 7) is 1.85. The average molecular weight is 553 g/mol. The number of sulfone groups is 1. The van der Waals surface area contributed by atoms with Crippen molar-refractivity contribution in [3.8, 4) is 5.88 Å². The van der Waals surface area contributed by atoms with E-state index in [1.807, 2.05) is 6.92 Å². The molecule has 194 valence electrons. The second kappa shape index (κ2) is 8.82. The van der Waals surface area contributed by atoms with Crippen LogP contribution >= 0.6 is 11.6 Å². The van der Waals surface area contributed by atoms with Crippen molar-refractivity contribution in [1.29, 1.82) is 0 Å². The second-order valence-electron chi connectivity index (χ2n) is 10.3. The molecular formula is C24H29ClN4O5S2. The van der Waals surface area contributed by atoms with E-state index in [1.165, 1.54) is 12.4 Å². The van der Waals surface area contributed by atoms with Crippen LogP contribution in [0.15, 0.2) is 29.4 Å². The maximum Gasteiger partial charge on any atom is 0.221 e. The Kier molecular flexibility index (Phi) is 5.97. The number of piperidine rings is 1. The number of hydrogen-bond acceptors (Lipinski definition) is 8. The summed E-state index contributed by atoms with van der Waals surface area (Å²) in [6.07, 6.45) is 7.27. The number of anilines is 2. The van der Waals surface area contributed by atoms with Gasteiger partial charge in [-0.3, -0.25) is 0 Å². The van der Waals surface area contributed by atoms with Crippen LogP contribution in [-0.2, 0) is 19.9 Å². The molecule has 2 saturated heterocycles. The summed E-state index contributed by atoms with van der Waals surface area (Å²) in [6, 6.07) is 4.67. The molecule has 2 aliphatic heterocycles. The topological polar surface area (TPSA) is 119 Å². The van der Waals surface area contributed by atoms with Crippen molar-refractivity contribution in [2.45, 2.75) is 91.9 Å². The van der Waals surface area contributed by atoms with E-state index in [2.05, 4.69) is 15.3 Å². The molecule has 0 radical (unpaired) electrons. The van der Waals surface area contributed by atoms with Gasteiger partial charge in [-0.15, -0.1) is 0 Å². The maximum atomic E-state index is 12.9. The molecule has 6 rings (SSSR count). The van der Waals surface area contributed by atoms with Crippen molar-refractivity contribution in [3.63, 3.8) is 0 Å². The van der Waals surface area contributed by atoms with Crippen molar-refractivity contribution in [3.05, 3.63) is 35.1 Å². The molecule has 2 saturated carbocycles. The summed E-state index contributed by atoms with van der Waals surface area (Å²) in [5, 5.41) is 2.97. The van der Waals surface area contributed by atoms with Crippen LogP contribution in [0.25, 0.3) is 0 Å². The number of aromatic nitrogens is 2. The van der Waals surface area contributed by atoms with Gasteiger partial charge in [0.25, 0.3) is 0 Å². The third kappa shape index (κ3) is 4.37. The number of ether oxygens (including phenoxy) is 1. The molecule has 2 bridgehead atoms. The molecule has 0 amide bonds. The molecule has 3 heterocycles. The molecule has 2 aromatic rings. The Morgan fingerprint density at radius 1 is 0.972 bits per heavy atom. The molecule has 2 aliphatic carbocycles. The smallest absolute Gasteiger partial charge is 0.221 e. The van der Waals surface area contributed by atoms with Gasteiger partial charge in [0.15, 0.2) is 9.84 Å². The number of rotatable bonds is 8. The first-order valence-electron chi connectivity index (χ1n) is 12.5. The van der Waals surface area contributed by atoms with Crippen LogP contribution in [0.2, 0.25) is 5.02 Å². The highest BCUT2D eigenvalue weighted by atomic mass is 35.5. The van der Waals surface area contributed by atoms with Gasteiger partial charge in [-0.2, -0.15) is 4.31 Å². The van der Waals surface area contributed by atoms with E-state index in [0.717, 1.165) is 25.7 Å². The molecule has 4 fully saturated rings. The summed E-state index contributed by atoms with van der Waals surface area (Å²) in [7, 11) is -6.52. The summed E-state index contributed by atoms with van der Waals surface area (Å²) in [4.78, 5) is 8.88. The summed E-state index contributed by atoms with van der Waals surface area (Å²) < 4.78 is 58.9. The van der Waals surface area contributed by atoms with Gasteiger partial charge in [-0.1, -0.05) is 11.6 Å². The molecular weight excluding hydrogens is 524 g/mol. The molecule has 1 N–H and O–H groups in total. The highest BCUT2D eigenvalue weighted by molar-refractivity contribution is 7.92. The fourth-order valence-corrected chi connectivity index (χ4v) is 9.71. The molecule has 2 unspecified atom stereocenters. The molecule has 36 heavy (non-hydrogen) atoms. The Labute approximate surface area is 216 Å². The molecule has 1 aromatic carbocycles. The van der Waals surface area contributed by atoms with Crippen molar-refractivity contribution < 1.29 is 21.6 Å². The Hall–Kier alpha value is -1.95. The minimum absolute atomic E-state index is 0.0108. The predicted molar refractivity (Wildman–Crippen MR) is 136 cm³/mol. The van der Waals surface area contributed by atoms with Crippen LogP contribution in [-0.4, -0.2) is 59.8 Å². The van der Waals surface area contributed by atoms with E-state index >= 15 is 0 Å². The quantitative estimate of drug-likeness (QED) is 0.522. The van der Waals surface area contributed by atoms with E-state index in [4.69, 9.17) is 16.3 Å². The predicted octanol–water partition coefficient (Wildman–Crippen LogP) is 3.98. The van der Waals surface area contributed by atoms with Gasteiger partial charge in [0.1, 0.15) is 18.2 Å². The fourth-order valence-electron chi connectivity index (χ4n) is 5.44. The number of halogens is 1. The third-order valence-electron chi connectivity index (χ3n) is 7.66. The normalized spacial score (nSPS) is 26.7. The highest BCUT2D eigenvalue weighted by Crippen LogP contribution is 2.44. The summed E-state index contributed by atoms with van der Waals surface area (Å²) in [5.41, 5.74) is 1.24. The monoisotopic (exact) mass is 552 g/mol. The highest BCUT2D eigenvalue weighted by Gasteiger charge is 2.52. The minimum atomic E-state index is -3.33.